The minimum absolute atomic E-state index is 0.00643. The van der Waals surface area contributed by atoms with E-state index < -0.39 is 0 Å². The zero-order chi connectivity index (χ0) is 20.4. The van der Waals surface area contributed by atoms with E-state index in [1.54, 1.807) is 13.3 Å². The number of nitrogens with zero attached hydrogens (tertiary/aromatic N) is 2. The van der Waals surface area contributed by atoms with Gasteiger partial charge in [0, 0.05) is 18.4 Å². The Morgan fingerprint density at radius 2 is 1.90 bits per heavy atom. The third-order valence-corrected chi connectivity index (χ3v) is 5.43. The molecule has 2 aromatic carbocycles. The molecule has 1 atom stereocenters. The van der Waals surface area contributed by atoms with Gasteiger partial charge in [0.05, 0.1) is 18.4 Å². The first kappa shape index (κ1) is 19.0. The van der Waals surface area contributed by atoms with Crippen molar-refractivity contribution in [3.8, 4) is 5.75 Å². The molecule has 0 radical (unpaired) electrons. The fourth-order valence-electron chi connectivity index (χ4n) is 3.84. The van der Waals surface area contributed by atoms with Crippen LogP contribution in [0, 0.1) is 6.92 Å². The molecule has 29 heavy (non-hydrogen) atoms. The van der Waals surface area contributed by atoms with Crippen molar-refractivity contribution in [2.45, 2.75) is 33.0 Å². The number of rotatable bonds is 6. The van der Waals surface area contributed by atoms with Crippen LogP contribution in [0.25, 0.3) is 0 Å². The van der Waals surface area contributed by atoms with E-state index in [0.717, 1.165) is 34.7 Å². The minimum atomic E-state index is -0.313. The first-order valence-corrected chi connectivity index (χ1v) is 9.86. The number of amides is 1. The van der Waals surface area contributed by atoms with Crippen molar-refractivity contribution in [3.05, 3.63) is 88.7 Å². The second-order valence-electron chi connectivity index (χ2n) is 7.23. The third-order valence-electron chi connectivity index (χ3n) is 5.43. The lowest BCUT2D eigenvalue weighted by Crippen LogP contribution is -2.32. The number of benzene rings is 2. The van der Waals surface area contributed by atoms with E-state index in [2.05, 4.69) is 42.3 Å². The summed E-state index contributed by atoms with van der Waals surface area (Å²) < 4.78 is 5.25. The number of fused-ring (bicyclic) bond motifs is 1. The van der Waals surface area contributed by atoms with Crippen molar-refractivity contribution in [1.29, 1.82) is 0 Å². The highest BCUT2D eigenvalue weighted by Gasteiger charge is 2.38. The Kier molecular flexibility index (Phi) is 5.21. The van der Waals surface area contributed by atoms with Crippen LogP contribution in [0.3, 0.4) is 0 Å². The monoisotopic (exact) mass is 387 g/mol. The summed E-state index contributed by atoms with van der Waals surface area (Å²) in [5.74, 6) is 0.793. The number of hydrogen-bond donors (Lipinski definition) is 1. The summed E-state index contributed by atoms with van der Waals surface area (Å²) in [5.41, 5.74) is 5.93. The van der Waals surface area contributed by atoms with Gasteiger partial charge in [-0.2, -0.15) is 0 Å². The first-order chi connectivity index (χ1) is 14.1. The Labute approximate surface area is 171 Å². The summed E-state index contributed by atoms with van der Waals surface area (Å²) in [6, 6.07) is 17.8. The van der Waals surface area contributed by atoms with Gasteiger partial charge in [-0.05, 0) is 54.3 Å². The maximum Gasteiger partial charge on any atom is 0.258 e. The quantitative estimate of drug-likeness (QED) is 0.664. The molecule has 1 aliphatic heterocycles. The van der Waals surface area contributed by atoms with Crippen molar-refractivity contribution in [3.63, 3.8) is 0 Å². The van der Waals surface area contributed by atoms with Crippen molar-refractivity contribution in [2.75, 3.05) is 12.4 Å². The Balaban J connectivity index is 1.70. The number of nitrogens with one attached hydrogen (secondary N) is 1. The molecular formula is C24H25N3O2. The van der Waals surface area contributed by atoms with Gasteiger partial charge in [-0.15, -0.1) is 0 Å². The molecule has 5 heteroatoms. The Morgan fingerprint density at radius 1 is 1.10 bits per heavy atom. The molecule has 1 aromatic heterocycles. The summed E-state index contributed by atoms with van der Waals surface area (Å²) in [6.07, 6.45) is 2.35. The summed E-state index contributed by atoms with van der Waals surface area (Å²) in [6.45, 7) is 4.72. The average molecular weight is 387 g/mol. The van der Waals surface area contributed by atoms with Crippen LogP contribution >= 0.6 is 0 Å². The molecule has 0 saturated carbocycles. The number of carbonyl (C=O) groups is 1. The van der Waals surface area contributed by atoms with Crippen LogP contribution in [0.5, 0.6) is 5.75 Å². The van der Waals surface area contributed by atoms with Crippen LogP contribution in [-0.4, -0.2) is 22.9 Å². The van der Waals surface area contributed by atoms with E-state index in [4.69, 9.17) is 4.74 Å². The maximum atomic E-state index is 13.2. The second kappa shape index (κ2) is 7.95. The summed E-state index contributed by atoms with van der Waals surface area (Å²) in [4.78, 5) is 19.6. The molecule has 5 nitrogen and oxygen atoms in total. The van der Waals surface area contributed by atoms with Gasteiger partial charge in [0.15, 0.2) is 0 Å². The second-order valence-corrected chi connectivity index (χ2v) is 7.23. The van der Waals surface area contributed by atoms with Gasteiger partial charge in [-0.25, -0.2) is 0 Å². The number of carbonyl (C=O) groups excluding carboxylic acids is 1. The smallest absolute Gasteiger partial charge is 0.258 e. The number of methoxy groups -OCH3 is 1. The molecule has 2 heterocycles. The van der Waals surface area contributed by atoms with E-state index in [-0.39, 0.29) is 12.1 Å². The van der Waals surface area contributed by atoms with E-state index in [1.807, 2.05) is 41.3 Å². The fourth-order valence-corrected chi connectivity index (χ4v) is 3.84. The highest BCUT2D eigenvalue weighted by atomic mass is 16.5. The number of pyridine rings is 1. The fraction of sp³-hybridized carbons (Fsp3) is 0.250. The van der Waals surface area contributed by atoms with E-state index >= 15 is 0 Å². The molecular weight excluding hydrogens is 362 g/mol. The Morgan fingerprint density at radius 3 is 2.62 bits per heavy atom. The molecule has 0 fully saturated rings. The number of para-hydroxylation sites is 1. The number of anilines is 1. The van der Waals surface area contributed by atoms with E-state index in [9.17, 15) is 4.79 Å². The van der Waals surface area contributed by atoms with Crippen molar-refractivity contribution in [2.24, 2.45) is 0 Å². The molecule has 1 aliphatic rings. The predicted molar refractivity (Wildman–Crippen MR) is 114 cm³/mol. The van der Waals surface area contributed by atoms with E-state index in [0.29, 0.717) is 12.1 Å². The highest BCUT2D eigenvalue weighted by molar-refractivity contribution is 5.99. The van der Waals surface area contributed by atoms with Crippen LogP contribution in [-0.2, 0) is 13.0 Å². The predicted octanol–water partition coefficient (Wildman–Crippen LogP) is 4.73. The maximum absolute atomic E-state index is 13.2. The van der Waals surface area contributed by atoms with Crippen molar-refractivity contribution >= 4 is 11.6 Å². The molecule has 4 rings (SSSR count). The molecule has 0 saturated heterocycles. The third kappa shape index (κ3) is 3.56. The van der Waals surface area contributed by atoms with Gasteiger partial charge in [-0.3, -0.25) is 9.78 Å². The normalized spacial score (nSPS) is 15.3. The number of ether oxygens (including phenoxy) is 1. The molecule has 3 aromatic rings. The van der Waals surface area contributed by atoms with Gasteiger partial charge in [0.25, 0.3) is 5.91 Å². The van der Waals surface area contributed by atoms with Crippen molar-refractivity contribution in [1.82, 2.24) is 9.88 Å². The molecule has 0 bridgehead atoms. The number of aromatic nitrogens is 1. The van der Waals surface area contributed by atoms with Crippen LogP contribution in [0.4, 0.5) is 5.69 Å². The molecule has 1 amide bonds. The molecule has 1 unspecified atom stereocenters. The SMILES string of the molecule is CCc1cccc(C)c1NC1c2ncccc2C(=O)N1Cc1ccc(OC)cc1. The van der Waals surface area contributed by atoms with Gasteiger partial charge >= 0.3 is 0 Å². The Bertz CT molecular complexity index is 1030. The van der Waals surface area contributed by atoms with Crippen LogP contribution in [0.1, 0.15) is 45.8 Å². The van der Waals surface area contributed by atoms with Crippen molar-refractivity contribution < 1.29 is 9.53 Å². The topological polar surface area (TPSA) is 54.5 Å². The standard InChI is InChI=1S/C24H25N3O2/c1-4-18-8-5-7-16(2)21(18)26-23-22-20(9-6-14-25-22)24(28)27(23)15-17-10-12-19(29-3)13-11-17/h5-14,23,26H,4,15H2,1-3H3. The molecule has 1 N–H and O–H groups in total. The number of hydrogen-bond acceptors (Lipinski definition) is 4. The van der Waals surface area contributed by atoms with Gasteiger partial charge < -0.3 is 15.0 Å². The average Bonchev–Trinajstić information content (AvgIpc) is 3.01. The number of aryl methyl sites for hydroxylation is 2. The lowest BCUT2D eigenvalue weighted by atomic mass is 10.1. The molecule has 0 spiro atoms. The van der Waals surface area contributed by atoms with E-state index in [1.165, 1.54) is 5.56 Å². The largest absolute Gasteiger partial charge is 0.497 e. The Hall–Kier alpha value is -3.34. The van der Waals surface area contributed by atoms with Crippen LogP contribution in [0.15, 0.2) is 60.8 Å². The zero-order valence-electron chi connectivity index (χ0n) is 17.0. The van der Waals surface area contributed by atoms with Crippen LogP contribution < -0.4 is 10.1 Å². The summed E-state index contributed by atoms with van der Waals surface area (Å²) in [7, 11) is 1.65. The highest BCUT2D eigenvalue weighted by Crippen LogP contribution is 2.36. The lowest BCUT2D eigenvalue weighted by Gasteiger charge is -2.28. The van der Waals surface area contributed by atoms with Crippen LogP contribution in [0.2, 0.25) is 0 Å². The lowest BCUT2D eigenvalue weighted by molar-refractivity contribution is 0.0727. The summed E-state index contributed by atoms with van der Waals surface area (Å²) >= 11 is 0. The van der Waals surface area contributed by atoms with Gasteiger partial charge in [-0.1, -0.05) is 37.3 Å². The molecule has 148 valence electrons. The molecule has 0 aliphatic carbocycles. The zero-order valence-corrected chi connectivity index (χ0v) is 17.0. The minimum Gasteiger partial charge on any atom is -0.497 e. The van der Waals surface area contributed by atoms with Gasteiger partial charge in [0.1, 0.15) is 11.9 Å². The van der Waals surface area contributed by atoms with Gasteiger partial charge in [0.2, 0.25) is 0 Å². The first-order valence-electron chi connectivity index (χ1n) is 9.86. The summed E-state index contributed by atoms with van der Waals surface area (Å²) in [5, 5.41) is 3.63.